The molecule has 1 spiro atoms. The van der Waals surface area contributed by atoms with Gasteiger partial charge in [0.15, 0.2) is 0 Å². The van der Waals surface area contributed by atoms with E-state index < -0.39 is 23.5 Å². The first-order valence-electron chi connectivity index (χ1n) is 10.6. The first-order valence-corrected chi connectivity index (χ1v) is 10.6. The van der Waals surface area contributed by atoms with E-state index in [4.69, 9.17) is 9.90 Å². The van der Waals surface area contributed by atoms with Gasteiger partial charge in [0.1, 0.15) is 5.41 Å². The molecule has 2 aliphatic carbocycles. The van der Waals surface area contributed by atoms with Crippen LogP contribution >= 0.6 is 0 Å². The molecule has 1 aromatic rings. The molecule has 10 heteroatoms. The maximum atomic E-state index is 12.6. The zero-order valence-corrected chi connectivity index (χ0v) is 17.5. The normalized spacial score (nSPS) is 23.3. The number of carbonyl (C=O) groups is 3. The van der Waals surface area contributed by atoms with Gasteiger partial charge in [0.2, 0.25) is 5.91 Å². The van der Waals surface area contributed by atoms with Crippen LogP contribution in [0.1, 0.15) is 50.5 Å². The average Bonchev–Trinajstić information content (AvgIpc) is 2.99. The molecule has 1 aromatic carbocycles. The molecular formula is C22H27F3N2O5. The van der Waals surface area contributed by atoms with E-state index in [1.165, 1.54) is 24.8 Å². The molecule has 0 bridgehead atoms. The Hall–Kier alpha value is -2.62. The van der Waals surface area contributed by atoms with E-state index in [-0.39, 0.29) is 17.5 Å². The number of nitrogens with one attached hydrogen (secondary N) is 1. The van der Waals surface area contributed by atoms with Crippen molar-refractivity contribution in [2.45, 2.75) is 69.2 Å². The van der Waals surface area contributed by atoms with Crippen molar-refractivity contribution in [1.82, 2.24) is 10.2 Å². The maximum Gasteiger partial charge on any atom is 0.490 e. The molecule has 1 unspecified atom stereocenters. The zero-order valence-electron chi connectivity index (χ0n) is 17.5. The fourth-order valence-corrected chi connectivity index (χ4v) is 4.74. The molecule has 1 aliphatic heterocycles. The van der Waals surface area contributed by atoms with Crippen LogP contribution in [0.3, 0.4) is 0 Å². The number of rotatable bonds is 5. The minimum atomic E-state index is -5.08. The van der Waals surface area contributed by atoms with Crippen LogP contribution in [0.25, 0.3) is 0 Å². The first-order chi connectivity index (χ1) is 15.0. The topological polar surface area (TPSA) is 107 Å². The van der Waals surface area contributed by atoms with E-state index in [9.17, 15) is 27.9 Å². The van der Waals surface area contributed by atoms with Gasteiger partial charge in [0, 0.05) is 24.7 Å². The number of aliphatic carboxylic acids is 2. The Morgan fingerprint density at radius 1 is 1.03 bits per heavy atom. The summed E-state index contributed by atoms with van der Waals surface area (Å²) in [6.07, 6.45) is 1.23. The summed E-state index contributed by atoms with van der Waals surface area (Å²) < 4.78 is 31.7. The summed E-state index contributed by atoms with van der Waals surface area (Å²) in [6.45, 7) is 1.72. The Kier molecular flexibility index (Phi) is 6.83. The number of carbonyl (C=O) groups excluding carboxylic acids is 1. The lowest BCUT2D eigenvalue weighted by molar-refractivity contribution is -0.192. The van der Waals surface area contributed by atoms with Crippen molar-refractivity contribution >= 4 is 17.8 Å². The zero-order chi connectivity index (χ0) is 23.6. The molecular weight excluding hydrogens is 429 g/mol. The maximum absolute atomic E-state index is 12.6. The quantitative estimate of drug-likeness (QED) is 0.588. The summed E-state index contributed by atoms with van der Waals surface area (Å²) in [4.78, 5) is 35.6. The van der Waals surface area contributed by atoms with Gasteiger partial charge >= 0.3 is 18.1 Å². The van der Waals surface area contributed by atoms with Gasteiger partial charge in [0.25, 0.3) is 0 Å². The SMILES string of the molecule is O=C(O)C(F)(F)F.O=C(O)C1(C(=O)NC2CN(Cc3ccccc3)C3(CCC3)C2)CCC1. The Bertz CT molecular complexity index is 851. The van der Waals surface area contributed by atoms with E-state index in [1.54, 1.807) is 0 Å². The molecule has 176 valence electrons. The van der Waals surface area contributed by atoms with Crippen molar-refractivity contribution in [2.24, 2.45) is 5.41 Å². The molecule has 4 rings (SSSR count). The number of hydrogen-bond acceptors (Lipinski definition) is 4. The van der Waals surface area contributed by atoms with Gasteiger partial charge in [-0.1, -0.05) is 36.8 Å². The molecule has 0 radical (unpaired) electrons. The van der Waals surface area contributed by atoms with Crippen LogP contribution in [-0.4, -0.2) is 57.3 Å². The van der Waals surface area contributed by atoms with Crippen molar-refractivity contribution in [1.29, 1.82) is 0 Å². The van der Waals surface area contributed by atoms with Crippen molar-refractivity contribution in [2.75, 3.05) is 6.54 Å². The Morgan fingerprint density at radius 2 is 1.59 bits per heavy atom. The van der Waals surface area contributed by atoms with Crippen LogP contribution < -0.4 is 5.32 Å². The van der Waals surface area contributed by atoms with Crippen LogP contribution in [0, 0.1) is 5.41 Å². The molecule has 1 amide bonds. The van der Waals surface area contributed by atoms with E-state index in [2.05, 4.69) is 34.5 Å². The number of hydrogen-bond donors (Lipinski definition) is 3. The number of alkyl halides is 3. The van der Waals surface area contributed by atoms with Crippen LogP contribution in [-0.2, 0) is 20.9 Å². The minimum absolute atomic E-state index is 0.0633. The molecule has 1 atom stereocenters. The van der Waals surface area contributed by atoms with Crippen LogP contribution in [0.15, 0.2) is 30.3 Å². The highest BCUT2D eigenvalue weighted by Crippen LogP contribution is 2.47. The Labute approximate surface area is 183 Å². The number of nitrogens with zero attached hydrogens (tertiary/aromatic N) is 1. The molecule has 3 fully saturated rings. The van der Waals surface area contributed by atoms with Gasteiger partial charge < -0.3 is 15.5 Å². The monoisotopic (exact) mass is 456 g/mol. The molecule has 32 heavy (non-hydrogen) atoms. The lowest BCUT2D eigenvalue weighted by atomic mass is 9.68. The highest BCUT2D eigenvalue weighted by molar-refractivity contribution is 6.03. The summed E-state index contributed by atoms with van der Waals surface area (Å²) >= 11 is 0. The van der Waals surface area contributed by atoms with E-state index in [0.717, 1.165) is 25.9 Å². The van der Waals surface area contributed by atoms with Crippen LogP contribution in [0.5, 0.6) is 0 Å². The standard InChI is InChI=1S/C20H26N2O3.C2HF3O2/c23-17(20(18(24)25)10-5-11-20)21-16-12-19(8-4-9-19)22(14-16)13-15-6-2-1-3-7-15;3-2(4,5)1(6)7/h1-3,6-7,16H,4-5,8-14H2,(H,21,23)(H,24,25);(H,6,7). The summed E-state index contributed by atoms with van der Waals surface area (Å²) in [5, 5.41) is 19.7. The molecule has 2 saturated carbocycles. The largest absolute Gasteiger partial charge is 0.490 e. The first kappa shape index (κ1) is 24.0. The second-order valence-electron chi connectivity index (χ2n) is 8.86. The summed E-state index contributed by atoms with van der Waals surface area (Å²) in [5.74, 6) is -3.99. The van der Waals surface area contributed by atoms with E-state index in [0.29, 0.717) is 12.8 Å². The van der Waals surface area contributed by atoms with E-state index in [1.807, 2.05) is 6.07 Å². The van der Waals surface area contributed by atoms with Crippen LogP contribution in [0.4, 0.5) is 13.2 Å². The number of halogens is 3. The lowest BCUT2D eigenvalue weighted by Crippen LogP contribution is -2.53. The predicted octanol–water partition coefficient (Wildman–Crippen LogP) is 3.19. The van der Waals surface area contributed by atoms with Crippen molar-refractivity contribution in [3.05, 3.63) is 35.9 Å². The number of likely N-dealkylation sites (tertiary alicyclic amines) is 1. The Morgan fingerprint density at radius 3 is 2.00 bits per heavy atom. The van der Waals surface area contributed by atoms with Gasteiger partial charge in [-0.05, 0) is 44.1 Å². The predicted molar refractivity (Wildman–Crippen MR) is 108 cm³/mol. The van der Waals surface area contributed by atoms with Gasteiger partial charge in [-0.15, -0.1) is 0 Å². The van der Waals surface area contributed by atoms with Gasteiger partial charge in [-0.25, -0.2) is 4.79 Å². The van der Waals surface area contributed by atoms with Crippen molar-refractivity contribution in [3.63, 3.8) is 0 Å². The number of carboxylic acids is 2. The smallest absolute Gasteiger partial charge is 0.480 e. The molecule has 3 N–H and O–H groups in total. The highest BCUT2D eigenvalue weighted by Gasteiger charge is 2.54. The molecule has 3 aliphatic rings. The van der Waals surface area contributed by atoms with Gasteiger partial charge in [-0.3, -0.25) is 14.5 Å². The minimum Gasteiger partial charge on any atom is -0.480 e. The third kappa shape index (κ3) is 4.90. The number of amides is 1. The van der Waals surface area contributed by atoms with Gasteiger partial charge in [0.05, 0.1) is 0 Å². The van der Waals surface area contributed by atoms with Gasteiger partial charge in [-0.2, -0.15) is 13.2 Å². The second kappa shape index (κ2) is 9.09. The molecule has 1 saturated heterocycles. The fraction of sp³-hybridized carbons (Fsp3) is 0.591. The lowest BCUT2D eigenvalue weighted by Gasteiger charge is -2.46. The average molecular weight is 456 g/mol. The summed E-state index contributed by atoms with van der Waals surface area (Å²) in [6, 6.07) is 10.5. The van der Waals surface area contributed by atoms with E-state index >= 15 is 0 Å². The van der Waals surface area contributed by atoms with Crippen LogP contribution in [0.2, 0.25) is 0 Å². The van der Waals surface area contributed by atoms with Crippen molar-refractivity contribution in [3.8, 4) is 0 Å². The Balaban J connectivity index is 0.000000360. The third-order valence-electron chi connectivity index (χ3n) is 6.87. The molecule has 7 nitrogen and oxygen atoms in total. The summed E-state index contributed by atoms with van der Waals surface area (Å²) in [5.41, 5.74) is 0.324. The summed E-state index contributed by atoms with van der Waals surface area (Å²) in [7, 11) is 0. The third-order valence-corrected chi connectivity index (χ3v) is 6.87. The highest BCUT2D eigenvalue weighted by atomic mass is 19.4. The molecule has 0 aromatic heterocycles. The fourth-order valence-electron chi connectivity index (χ4n) is 4.74. The second-order valence-corrected chi connectivity index (χ2v) is 8.86. The van der Waals surface area contributed by atoms with Crippen molar-refractivity contribution < 1.29 is 37.8 Å². The number of benzene rings is 1. The number of carboxylic acid groups (broad SMARTS) is 2. The molecule has 1 heterocycles.